The van der Waals surface area contributed by atoms with Crippen LogP contribution in [-0.4, -0.2) is 23.4 Å². The van der Waals surface area contributed by atoms with Crippen molar-refractivity contribution in [3.05, 3.63) is 125 Å². The molecule has 0 fully saturated rings. The molecule has 5 rings (SSSR count). The molecule has 6 nitrogen and oxygen atoms in total. The van der Waals surface area contributed by atoms with Crippen molar-refractivity contribution in [2.24, 2.45) is 0 Å². The van der Waals surface area contributed by atoms with Crippen molar-refractivity contribution in [3.63, 3.8) is 0 Å². The highest BCUT2D eigenvalue weighted by atomic mass is 16.7. The summed E-state index contributed by atoms with van der Waals surface area (Å²) in [5.74, 6) is -0.654. The van der Waals surface area contributed by atoms with Gasteiger partial charge in [0.1, 0.15) is 6.04 Å². The molecule has 1 aliphatic heterocycles. The lowest BCUT2D eigenvalue weighted by molar-refractivity contribution is -0.141. The van der Waals surface area contributed by atoms with Crippen molar-refractivity contribution in [2.45, 2.75) is 25.3 Å². The van der Waals surface area contributed by atoms with E-state index in [2.05, 4.69) is 29.1 Å². The zero-order chi connectivity index (χ0) is 24.0. The van der Waals surface area contributed by atoms with E-state index in [1.165, 1.54) is 11.1 Å². The molecule has 0 saturated heterocycles. The van der Waals surface area contributed by atoms with Crippen molar-refractivity contribution in [2.75, 3.05) is 6.61 Å². The predicted molar refractivity (Wildman–Crippen MR) is 134 cm³/mol. The Hall–Kier alpha value is -4.16. The van der Waals surface area contributed by atoms with Gasteiger partial charge in [-0.15, -0.1) is 0 Å². The van der Waals surface area contributed by atoms with Crippen LogP contribution in [0.2, 0.25) is 0 Å². The van der Waals surface area contributed by atoms with Gasteiger partial charge in [0, 0.05) is 5.56 Å². The topological polar surface area (TPSA) is 70.7 Å². The summed E-state index contributed by atoms with van der Waals surface area (Å²) in [4.78, 5) is 30.9. The summed E-state index contributed by atoms with van der Waals surface area (Å²) in [5, 5.41) is 1.64. The van der Waals surface area contributed by atoms with Gasteiger partial charge in [-0.3, -0.25) is 19.9 Å². The van der Waals surface area contributed by atoms with E-state index in [4.69, 9.17) is 4.84 Å². The van der Waals surface area contributed by atoms with Crippen LogP contribution in [0.3, 0.4) is 0 Å². The van der Waals surface area contributed by atoms with Gasteiger partial charge in [0.2, 0.25) is 0 Å². The van der Waals surface area contributed by atoms with Gasteiger partial charge in [-0.2, -0.15) is 0 Å². The molecule has 0 aromatic heterocycles. The first kappa shape index (κ1) is 22.6. The lowest BCUT2D eigenvalue weighted by Crippen LogP contribution is -2.43. The minimum Gasteiger partial charge on any atom is -0.295 e. The van der Waals surface area contributed by atoms with E-state index in [0.29, 0.717) is 5.56 Å². The third-order valence-electron chi connectivity index (χ3n) is 6.28. The zero-order valence-electron chi connectivity index (χ0n) is 19.3. The van der Waals surface area contributed by atoms with Crippen molar-refractivity contribution in [3.8, 4) is 0 Å². The van der Waals surface area contributed by atoms with Crippen LogP contribution in [0, 0.1) is 0 Å². The summed E-state index contributed by atoms with van der Waals surface area (Å²) < 4.78 is 0. The number of amides is 2. The smallest absolute Gasteiger partial charge is 0.274 e. The number of hydrazine groups is 1. The van der Waals surface area contributed by atoms with Crippen LogP contribution < -0.4 is 10.9 Å². The molecular formula is C29H27N3O3. The molecule has 0 unspecified atom stereocenters. The van der Waals surface area contributed by atoms with Gasteiger partial charge in [-0.1, -0.05) is 78.9 Å². The Bertz CT molecular complexity index is 1250. The van der Waals surface area contributed by atoms with Gasteiger partial charge in [0.05, 0.1) is 5.70 Å². The van der Waals surface area contributed by atoms with Crippen molar-refractivity contribution in [1.82, 2.24) is 15.9 Å². The van der Waals surface area contributed by atoms with Crippen LogP contribution >= 0.6 is 0 Å². The number of rotatable bonds is 6. The Morgan fingerprint density at radius 2 is 1.57 bits per heavy atom. The number of nitrogens with one attached hydrogen (secondary N) is 2. The van der Waals surface area contributed by atoms with Crippen LogP contribution in [0.25, 0.3) is 6.08 Å². The van der Waals surface area contributed by atoms with Crippen LogP contribution in [0.5, 0.6) is 0 Å². The number of carbonyl (C=O) groups is 2. The molecule has 2 amide bonds. The van der Waals surface area contributed by atoms with Gasteiger partial charge in [0.15, 0.2) is 6.61 Å². The molecular weight excluding hydrogens is 438 g/mol. The van der Waals surface area contributed by atoms with Gasteiger partial charge in [-0.05, 0) is 59.7 Å². The van der Waals surface area contributed by atoms with Crippen molar-refractivity contribution >= 4 is 17.9 Å². The molecule has 3 aromatic rings. The van der Waals surface area contributed by atoms with E-state index < -0.39 is 5.91 Å². The maximum absolute atomic E-state index is 13.3. The molecule has 2 N–H and O–H groups in total. The highest BCUT2D eigenvalue weighted by Crippen LogP contribution is 2.43. The predicted octanol–water partition coefficient (Wildman–Crippen LogP) is 4.96. The number of carbonyl (C=O) groups excluding carboxylic acids is 2. The van der Waals surface area contributed by atoms with E-state index in [-0.39, 0.29) is 18.6 Å². The largest absolute Gasteiger partial charge is 0.295 e. The van der Waals surface area contributed by atoms with E-state index >= 15 is 0 Å². The van der Waals surface area contributed by atoms with Crippen LogP contribution in [-0.2, 0) is 9.63 Å². The monoisotopic (exact) mass is 465 g/mol. The lowest BCUT2D eigenvalue weighted by Gasteiger charge is -2.26. The van der Waals surface area contributed by atoms with E-state index in [0.717, 1.165) is 36.1 Å². The molecule has 2 aliphatic rings. The quantitative estimate of drug-likeness (QED) is 0.505. The normalized spacial score (nSPS) is 18.2. The first-order valence-corrected chi connectivity index (χ1v) is 11.8. The van der Waals surface area contributed by atoms with E-state index in [1.54, 1.807) is 29.3 Å². The molecule has 0 saturated carbocycles. The summed E-state index contributed by atoms with van der Waals surface area (Å²) >= 11 is 0. The highest BCUT2D eigenvalue weighted by Gasteiger charge is 2.39. The fraction of sp³-hybridized carbons (Fsp3) is 0.172. The molecule has 6 heteroatoms. The molecule has 1 aliphatic carbocycles. The zero-order valence-corrected chi connectivity index (χ0v) is 19.3. The first-order valence-electron chi connectivity index (χ1n) is 11.8. The highest BCUT2D eigenvalue weighted by molar-refractivity contribution is 5.93. The third kappa shape index (κ3) is 5.03. The van der Waals surface area contributed by atoms with Gasteiger partial charge in [0.25, 0.3) is 11.8 Å². The number of nitrogens with zero attached hydrogens (tertiary/aromatic N) is 1. The number of benzene rings is 3. The molecule has 0 spiro atoms. The average molecular weight is 466 g/mol. The Morgan fingerprint density at radius 1 is 0.914 bits per heavy atom. The van der Waals surface area contributed by atoms with Crippen LogP contribution in [0.15, 0.2) is 108 Å². The van der Waals surface area contributed by atoms with E-state index in [1.807, 2.05) is 54.6 Å². The second-order valence-electron chi connectivity index (χ2n) is 8.61. The molecule has 3 aromatic carbocycles. The molecule has 1 heterocycles. The molecule has 176 valence electrons. The molecule has 35 heavy (non-hydrogen) atoms. The SMILES string of the molecule is O=C(NOCC(=O)N1NC2=C(CCC/C2=C\c2ccccc2)[C@@H]1c1ccccc1)c1ccccc1. The summed E-state index contributed by atoms with van der Waals surface area (Å²) in [6.45, 7) is -0.285. The van der Waals surface area contributed by atoms with Crippen LogP contribution in [0.4, 0.5) is 0 Å². The maximum atomic E-state index is 13.3. The molecule has 0 radical (unpaired) electrons. The Labute approximate surface area is 204 Å². The summed E-state index contributed by atoms with van der Waals surface area (Å²) in [6.07, 6.45) is 5.06. The Kier molecular flexibility index (Phi) is 6.73. The average Bonchev–Trinajstić information content (AvgIpc) is 3.31. The number of hydrogen-bond donors (Lipinski definition) is 2. The summed E-state index contributed by atoms with van der Waals surface area (Å²) in [6, 6.07) is 28.7. The molecule has 0 bridgehead atoms. The third-order valence-corrected chi connectivity index (χ3v) is 6.28. The van der Waals surface area contributed by atoms with Gasteiger partial charge < -0.3 is 0 Å². The number of allylic oxidation sites excluding steroid dienone is 1. The Balaban J connectivity index is 1.36. The Morgan fingerprint density at radius 3 is 2.29 bits per heavy atom. The summed E-state index contributed by atoms with van der Waals surface area (Å²) in [5.41, 5.74) is 11.8. The summed E-state index contributed by atoms with van der Waals surface area (Å²) in [7, 11) is 0. The van der Waals surface area contributed by atoms with Crippen molar-refractivity contribution in [1.29, 1.82) is 0 Å². The number of hydroxylamine groups is 1. The van der Waals surface area contributed by atoms with Crippen molar-refractivity contribution < 1.29 is 14.4 Å². The van der Waals surface area contributed by atoms with E-state index in [9.17, 15) is 9.59 Å². The fourth-order valence-corrected chi connectivity index (χ4v) is 4.65. The standard InChI is InChI=1S/C29H27N3O3/c33-26(20-35-31-29(34)23-15-8-3-9-16-23)32-28(22-13-6-2-7-14-22)25-18-10-17-24(27(25)30-32)19-21-11-4-1-5-12-21/h1-9,11-16,19,28,30H,10,17-18,20H2,(H,31,34)/b24-19+/t28-/m0/s1. The van der Waals surface area contributed by atoms with Crippen LogP contribution in [0.1, 0.15) is 46.8 Å². The minimum atomic E-state index is -0.391. The first-order chi connectivity index (χ1) is 17.2. The lowest BCUT2D eigenvalue weighted by atomic mass is 9.86. The minimum absolute atomic E-state index is 0.230. The van der Waals surface area contributed by atoms with Gasteiger partial charge >= 0.3 is 0 Å². The molecule has 1 atom stereocenters. The maximum Gasteiger partial charge on any atom is 0.274 e. The fourth-order valence-electron chi connectivity index (χ4n) is 4.65. The number of hydrogen-bond acceptors (Lipinski definition) is 4. The second kappa shape index (κ2) is 10.4. The van der Waals surface area contributed by atoms with Gasteiger partial charge in [-0.25, -0.2) is 10.5 Å². The second-order valence-corrected chi connectivity index (χ2v) is 8.61.